The summed E-state index contributed by atoms with van der Waals surface area (Å²) in [5.41, 5.74) is 2.58. The summed E-state index contributed by atoms with van der Waals surface area (Å²) >= 11 is 5.26. The highest BCUT2D eigenvalue weighted by Crippen LogP contribution is 2.28. The first kappa shape index (κ1) is 16.9. The van der Waals surface area contributed by atoms with Gasteiger partial charge in [0.1, 0.15) is 0 Å². The highest BCUT2D eigenvalue weighted by atomic mass is 32.1. The van der Waals surface area contributed by atoms with Crippen molar-refractivity contribution in [2.45, 2.75) is 13.8 Å². The Morgan fingerprint density at radius 1 is 1.28 bits per heavy atom. The molecule has 25 heavy (non-hydrogen) atoms. The summed E-state index contributed by atoms with van der Waals surface area (Å²) in [6, 6.07) is 13.2. The second-order valence-corrected chi connectivity index (χ2v) is 5.79. The maximum atomic E-state index is 10.3. The minimum Gasteiger partial charge on any atom is -0.504 e. The molecule has 0 bridgehead atoms. The van der Waals surface area contributed by atoms with Gasteiger partial charge in [-0.2, -0.15) is 14.9 Å². The summed E-state index contributed by atoms with van der Waals surface area (Å²) in [5, 5.41) is 21.6. The molecule has 0 saturated heterocycles. The topological polar surface area (TPSA) is 75.4 Å². The molecule has 2 aromatic carbocycles. The lowest BCUT2D eigenvalue weighted by molar-refractivity contribution is 0.318. The Bertz CT molecular complexity index is 958. The van der Waals surface area contributed by atoms with Gasteiger partial charge in [-0.1, -0.05) is 35.9 Å². The second kappa shape index (κ2) is 7.31. The van der Waals surface area contributed by atoms with Gasteiger partial charge in [-0.15, -0.1) is 0 Å². The van der Waals surface area contributed by atoms with Gasteiger partial charge in [0.05, 0.1) is 12.8 Å². The maximum absolute atomic E-state index is 10.3. The van der Waals surface area contributed by atoms with Crippen LogP contribution >= 0.6 is 12.2 Å². The number of rotatable bonds is 5. The average molecular weight is 354 g/mol. The number of ether oxygens (including phenoxy) is 1. The zero-order chi connectivity index (χ0) is 17.8. The van der Waals surface area contributed by atoms with Crippen molar-refractivity contribution in [3.63, 3.8) is 0 Å². The molecule has 3 aromatic rings. The average Bonchev–Trinajstić information content (AvgIpc) is 2.97. The van der Waals surface area contributed by atoms with Crippen LogP contribution in [0.25, 0.3) is 11.4 Å². The predicted molar refractivity (Wildman–Crippen MR) is 99.9 cm³/mol. The molecular weight excluding hydrogens is 336 g/mol. The fourth-order valence-corrected chi connectivity index (χ4v) is 2.50. The first-order valence-corrected chi connectivity index (χ1v) is 8.24. The Morgan fingerprint density at radius 2 is 2.04 bits per heavy atom. The van der Waals surface area contributed by atoms with Crippen LogP contribution in [0.1, 0.15) is 18.1 Å². The number of benzene rings is 2. The van der Waals surface area contributed by atoms with E-state index in [2.05, 4.69) is 15.3 Å². The Labute approximate surface area is 150 Å². The van der Waals surface area contributed by atoms with Crippen LogP contribution in [-0.2, 0) is 0 Å². The third-order valence-electron chi connectivity index (χ3n) is 3.60. The first-order chi connectivity index (χ1) is 12.1. The molecule has 0 radical (unpaired) electrons. The van der Waals surface area contributed by atoms with E-state index in [1.165, 1.54) is 10.9 Å². The Hall–Kier alpha value is -2.93. The summed E-state index contributed by atoms with van der Waals surface area (Å²) in [7, 11) is 0. The SMILES string of the molecule is CCOc1cccc(/C=N/n2c(-c3ccc(C)cc3)n[nH]c2=S)c1O. The molecule has 0 saturated carbocycles. The van der Waals surface area contributed by atoms with Gasteiger partial charge in [0.25, 0.3) is 0 Å². The van der Waals surface area contributed by atoms with Crippen molar-refractivity contribution in [2.75, 3.05) is 6.61 Å². The van der Waals surface area contributed by atoms with Gasteiger partial charge in [-0.25, -0.2) is 5.10 Å². The predicted octanol–water partition coefficient (Wildman–Crippen LogP) is 3.90. The molecule has 0 amide bonds. The molecule has 0 atom stereocenters. The zero-order valence-electron chi connectivity index (χ0n) is 13.9. The van der Waals surface area contributed by atoms with Crippen LogP contribution in [0.15, 0.2) is 47.6 Å². The number of aromatic hydroxyl groups is 1. The number of para-hydroxylation sites is 1. The number of nitrogens with zero attached hydrogens (tertiary/aromatic N) is 3. The van der Waals surface area contributed by atoms with Gasteiger partial charge in [-0.3, -0.25) is 0 Å². The number of aromatic nitrogens is 3. The van der Waals surface area contributed by atoms with E-state index >= 15 is 0 Å². The third-order valence-corrected chi connectivity index (χ3v) is 3.87. The van der Waals surface area contributed by atoms with Crippen LogP contribution in [-0.4, -0.2) is 32.8 Å². The summed E-state index contributed by atoms with van der Waals surface area (Å²) < 4.78 is 7.27. The molecule has 7 heteroatoms. The fraction of sp³-hybridized carbons (Fsp3) is 0.167. The summed E-state index contributed by atoms with van der Waals surface area (Å²) in [6.45, 7) is 4.35. The van der Waals surface area contributed by atoms with E-state index in [1.54, 1.807) is 18.2 Å². The van der Waals surface area contributed by atoms with Crippen molar-refractivity contribution in [1.29, 1.82) is 0 Å². The normalized spacial score (nSPS) is 11.1. The Morgan fingerprint density at radius 3 is 2.76 bits per heavy atom. The molecule has 2 N–H and O–H groups in total. The number of phenolic OH excluding ortho intramolecular Hbond substituents is 1. The number of aryl methyl sites for hydroxylation is 1. The van der Waals surface area contributed by atoms with Crippen LogP contribution in [0, 0.1) is 11.7 Å². The Kier molecular flexibility index (Phi) is 4.95. The van der Waals surface area contributed by atoms with E-state index in [4.69, 9.17) is 17.0 Å². The molecule has 0 aliphatic heterocycles. The van der Waals surface area contributed by atoms with Crippen molar-refractivity contribution in [1.82, 2.24) is 14.9 Å². The lowest BCUT2D eigenvalue weighted by Gasteiger charge is -2.07. The van der Waals surface area contributed by atoms with Crippen LogP contribution in [0.5, 0.6) is 11.5 Å². The van der Waals surface area contributed by atoms with Crippen molar-refractivity contribution >= 4 is 18.4 Å². The lowest BCUT2D eigenvalue weighted by atomic mass is 10.1. The highest BCUT2D eigenvalue weighted by molar-refractivity contribution is 7.71. The zero-order valence-corrected chi connectivity index (χ0v) is 14.7. The van der Waals surface area contributed by atoms with E-state index < -0.39 is 0 Å². The lowest BCUT2D eigenvalue weighted by Crippen LogP contribution is -1.97. The van der Waals surface area contributed by atoms with Crippen molar-refractivity contribution in [3.8, 4) is 22.9 Å². The monoisotopic (exact) mass is 354 g/mol. The number of H-pyrrole nitrogens is 1. The smallest absolute Gasteiger partial charge is 0.216 e. The van der Waals surface area contributed by atoms with Crippen molar-refractivity contribution in [3.05, 3.63) is 58.4 Å². The van der Waals surface area contributed by atoms with Gasteiger partial charge >= 0.3 is 0 Å². The molecule has 0 fully saturated rings. The largest absolute Gasteiger partial charge is 0.504 e. The molecule has 1 heterocycles. The third kappa shape index (κ3) is 3.61. The summed E-state index contributed by atoms with van der Waals surface area (Å²) in [5.74, 6) is 1.06. The number of hydrogen-bond donors (Lipinski definition) is 2. The quantitative estimate of drug-likeness (QED) is 0.538. The minimum absolute atomic E-state index is 0.0417. The fourth-order valence-electron chi connectivity index (χ4n) is 2.32. The van der Waals surface area contributed by atoms with Gasteiger partial charge in [0.2, 0.25) is 4.77 Å². The molecule has 3 rings (SSSR count). The molecular formula is C18H18N4O2S. The van der Waals surface area contributed by atoms with Crippen molar-refractivity contribution < 1.29 is 9.84 Å². The summed E-state index contributed by atoms with van der Waals surface area (Å²) in [6.07, 6.45) is 1.53. The van der Waals surface area contributed by atoms with E-state index in [-0.39, 0.29) is 5.75 Å². The number of aromatic amines is 1. The van der Waals surface area contributed by atoms with Gasteiger partial charge in [0.15, 0.2) is 17.3 Å². The van der Waals surface area contributed by atoms with E-state index in [0.29, 0.717) is 28.5 Å². The van der Waals surface area contributed by atoms with Crippen LogP contribution in [0.3, 0.4) is 0 Å². The number of nitrogens with one attached hydrogen (secondary N) is 1. The van der Waals surface area contributed by atoms with Gasteiger partial charge in [-0.05, 0) is 38.2 Å². The molecule has 0 aliphatic rings. The van der Waals surface area contributed by atoms with E-state index in [1.807, 2.05) is 38.1 Å². The van der Waals surface area contributed by atoms with Crippen LogP contribution in [0.4, 0.5) is 0 Å². The molecule has 6 nitrogen and oxygen atoms in total. The number of phenols is 1. The molecule has 0 spiro atoms. The highest BCUT2D eigenvalue weighted by Gasteiger charge is 2.09. The van der Waals surface area contributed by atoms with Gasteiger partial charge < -0.3 is 9.84 Å². The minimum atomic E-state index is 0.0417. The molecule has 1 aromatic heterocycles. The Balaban J connectivity index is 1.98. The first-order valence-electron chi connectivity index (χ1n) is 7.83. The molecule has 0 aliphatic carbocycles. The van der Waals surface area contributed by atoms with Gasteiger partial charge in [0, 0.05) is 11.1 Å². The standard InChI is InChI=1S/C18H18N4O2S/c1-3-24-15-6-4-5-14(16(15)23)11-19-22-17(20-21-18(22)25)13-9-7-12(2)8-10-13/h4-11,23H,3H2,1-2H3,(H,21,25)/b19-11+. The van der Waals surface area contributed by atoms with E-state index in [0.717, 1.165) is 11.1 Å². The van der Waals surface area contributed by atoms with Crippen LogP contribution < -0.4 is 4.74 Å². The second-order valence-electron chi connectivity index (χ2n) is 5.40. The number of hydrogen-bond acceptors (Lipinski definition) is 5. The van der Waals surface area contributed by atoms with Crippen LogP contribution in [0.2, 0.25) is 0 Å². The maximum Gasteiger partial charge on any atom is 0.216 e. The molecule has 128 valence electrons. The molecule has 0 unspecified atom stereocenters. The van der Waals surface area contributed by atoms with Crippen molar-refractivity contribution in [2.24, 2.45) is 5.10 Å². The summed E-state index contributed by atoms with van der Waals surface area (Å²) in [4.78, 5) is 0. The van der Waals surface area contributed by atoms with E-state index in [9.17, 15) is 5.11 Å².